The molecule has 1 heterocycles. The smallest absolute Gasteiger partial charge is 0.251 e. The fourth-order valence-electron chi connectivity index (χ4n) is 2.71. The van der Waals surface area contributed by atoms with Gasteiger partial charge < -0.3 is 15.2 Å². The molecule has 0 fully saturated rings. The van der Waals surface area contributed by atoms with E-state index in [2.05, 4.69) is 15.6 Å². The van der Waals surface area contributed by atoms with Crippen LogP contribution in [0.2, 0.25) is 5.02 Å². The molecule has 3 rings (SSSR count). The molecule has 144 valence electrons. The van der Waals surface area contributed by atoms with Gasteiger partial charge in [-0.3, -0.25) is 9.59 Å². The molecule has 0 saturated heterocycles. The number of hydrogen-bond acceptors (Lipinski definition) is 3. The van der Waals surface area contributed by atoms with Gasteiger partial charge in [-0.15, -0.1) is 0 Å². The van der Waals surface area contributed by atoms with E-state index < -0.39 is 23.7 Å². The maximum Gasteiger partial charge on any atom is 0.251 e. The predicted molar refractivity (Wildman–Crippen MR) is 103 cm³/mol. The lowest BCUT2D eigenvalue weighted by Gasteiger charge is -2.19. The zero-order chi connectivity index (χ0) is 20.1. The zero-order valence-electron chi connectivity index (χ0n) is 15.0. The standard InChI is InChI=1S/C20H18ClFN4O2/c1-26-10-9-23-19(26)18(13-5-7-15(21)8-6-13)25-17(27)12-24-20(28)14-3-2-4-16(22)11-14/h2-11,18H,12H2,1H3,(H,24,28)(H,25,27)/t18-/m0/s1. The van der Waals surface area contributed by atoms with Crippen molar-refractivity contribution in [3.05, 3.63) is 88.7 Å². The second kappa shape index (κ2) is 8.67. The molecule has 0 spiro atoms. The number of imidazole rings is 1. The highest BCUT2D eigenvalue weighted by molar-refractivity contribution is 6.30. The molecule has 0 aliphatic carbocycles. The average Bonchev–Trinajstić information content (AvgIpc) is 3.10. The van der Waals surface area contributed by atoms with Crippen LogP contribution in [0.5, 0.6) is 0 Å². The van der Waals surface area contributed by atoms with Crippen molar-refractivity contribution in [2.75, 3.05) is 6.54 Å². The number of nitrogens with one attached hydrogen (secondary N) is 2. The molecule has 2 aromatic carbocycles. The van der Waals surface area contributed by atoms with Crippen LogP contribution in [0.1, 0.15) is 27.8 Å². The molecule has 0 radical (unpaired) electrons. The van der Waals surface area contributed by atoms with Gasteiger partial charge in [-0.25, -0.2) is 9.37 Å². The molecule has 1 atom stereocenters. The number of halogens is 2. The molecule has 8 heteroatoms. The molecule has 1 aromatic heterocycles. The fraction of sp³-hybridized carbons (Fsp3) is 0.150. The van der Waals surface area contributed by atoms with E-state index in [1.807, 2.05) is 7.05 Å². The van der Waals surface area contributed by atoms with Gasteiger partial charge in [-0.1, -0.05) is 29.8 Å². The Balaban J connectivity index is 1.70. The summed E-state index contributed by atoms with van der Waals surface area (Å²) in [6, 6.07) is 11.8. The highest BCUT2D eigenvalue weighted by Crippen LogP contribution is 2.22. The first-order chi connectivity index (χ1) is 13.4. The maximum absolute atomic E-state index is 13.2. The van der Waals surface area contributed by atoms with Gasteiger partial charge in [0.2, 0.25) is 5.91 Å². The monoisotopic (exact) mass is 400 g/mol. The number of aromatic nitrogens is 2. The number of aryl methyl sites for hydroxylation is 1. The zero-order valence-corrected chi connectivity index (χ0v) is 15.8. The highest BCUT2D eigenvalue weighted by atomic mass is 35.5. The van der Waals surface area contributed by atoms with E-state index in [0.29, 0.717) is 10.8 Å². The number of carbonyl (C=O) groups is 2. The minimum absolute atomic E-state index is 0.145. The Kier molecular flexibility index (Phi) is 6.06. The lowest BCUT2D eigenvalue weighted by atomic mass is 10.1. The molecule has 3 aromatic rings. The number of hydrogen-bond donors (Lipinski definition) is 2. The van der Waals surface area contributed by atoms with Crippen LogP contribution in [-0.4, -0.2) is 27.9 Å². The van der Waals surface area contributed by atoms with Gasteiger partial charge >= 0.3 is 0 Å². The van der Waals surface area contributed by atoms with Gasteiger partial charge in [0.15, 0.2) is 0 Å². The van der Waals surface area contributed by atoms with Gasteiger partial charge in [0.05, 0.1) is 6.54 Å². The summed E-state index contributed by atoms with van der Waals surface area (Å²) in [6.45, 7) is -0.260. The van der Waals surface area contributed by atoms with Crippen molar-refractivity contribution < 1.29 is 14.0 Å². The van der Waals surface area contributed by atoms with Gasteiger partial charge in [0, 0.05) is 30.0 Å². The lowest BCUT2D eigenvalue weighted by Crippen LogP contribution is -2.39. The predicted octanol–water partition coefficient (Wildman–Crippen LogP) is 2.85. The minimum atomic E-state index is -0.533. The molecule has 2 amide bonds. The maximum atomic E-state index is 13.2. The van der Waals surface area contributed by atoms with E-state index in [4.69, 9.17) is 11.6 Å². The molecule has 0 aliphatic heterocycles. The van der Waals surface area contributed by atoms with Gasteiger partial charge in [0.25, 0.3) is 5.91 Å². The Bertz CT molecular complexity index is 988. The first-order valence-corrected chi connectivity index (χ1v) is 8.87. The molecular weight excluding hydrogens is 383 g/mol. The number of amides is 2. The second-order valence-corrected chi connectivity index (χ2v) is 6.58. The SMILES string of the molecule is Cn1ccnc1[C@@H](NC(=O)CNC(=O)c1cccc(F)c1)c1ccc(Cl)cc1. The molecule has 28 heavy (non-hydrogen) atoms. The van der Waals surface area contributed by atoms with Crippen LogP contribution in [0.15, 0.2) is 60.9 Å². The van der Waals surface area contributed by atoms with Crippen molar-refractivity contribution in [1.29, 1.82) is 0 Å². The topological polar surface area (TPSA) is 76.0 Å². The van der Waals surface area contributed by atoms with Crippen LogP contribution in [0, 0.1) is 5.82 Å². The number of nitrogens with zero attached hydrogens (tertiary/aromatic N) is 2. The van der Waals surface area contributed by atoms with Crippen molar-refractivity contribution in [3.63, 3.8) is 0 Å². The van der Waals surface area contributed by atoms with Crippen LogP contribution in [-0.2, 0) is 11.8 Å². The minimum Gasteiger partial charge on any atom is -0.343 e. The van der Waals surface area contributed by atoms with E-state index >= 15 is 0 Å². The van der Waals surface area contributed by atoms with E-state index in [1.165, 1.54) is 18.2 Å². The fourth-order valence-corrected chi connectivity index (χ4v) is 2.84. The molecule has 6 nitrogen and oxygen atoms in total. The third kappa shape index (κ3) is 4.75. The van der Waals surface area contributed by atoms with E-state index in [-0.39, 0.29) is 12.1 Å². The third-order valence-corrected chi connectivity index (χ3v) is 4.37. The average molecular weight is 401 g/mol. The number of carbonyl (C=O) groups excluding carboxylic acids is 2. The van der Waals surface area contributed by atoms with Crippen molar-refractivity contribution in [2.45, 2.75) is 6.04 Å². The van der Waals surface area contributed by atoms with Crippen molar-refractivity contribution in [3.8, 4) is 0 Å². The molecule has 2 N–H and O–H groups in total. The summed E-state index contributed by atoms with van der Waals surface area (Å²) < 4.78 is 15.0. The van der Waals surface area contributed by atoms with E-state index in [0.717, 1.165) is 11.6 Å². The Morgan fingerprint density at radius 1 is 1.21 bits per heavy atom. The van der Waals surface area contributed by atoms with Gasteiger partial charge in [-0.2, -0.15) is 0 Å². The molecule has 0 saturated carbocycles. The van der Waals surface area contributed by atoms with Crippen LogP contribution in [0.3, 0.4) is 0 Å². The Morgan fingerprint density at radius 3 is 2.61 bits per heavy atom. The van der Waals surface area contributed by atoms with Crippen LogP contribution < -0.4 is 10.6 Å². The first-order valence-electron chi connectivity index (χ1n) is 8.50. The van der Waals surface area contributed by atoms with Gasteiger partial charge in [0.1, 0.15) is 17.7 Å². The van der Waals surface area contributed by atoms with E-state index in [9.17, 15) is 14.0 Å². The summed E-state index contributed by atoms with van der Waals surface area (Å²) in [6.07, 6.45) is 3.41. The largest absolute Gasteiger partial charge is 0.343 e. The molecule has 0 unspecified atom stereocenters. The van der Waals surface area contributed by atoms with Crippen molar-refractivity contribution >= 4 is 23.4 Å². The number of benzene rings is 2. The quantitative estimate of drug-likeness (QED) is 0.668. The van der Waals surface area contributed by atoms with Crippen LogP contribution >= 0.6 is 11.6 Å². The molecular formula is C20H18ClFN4O2. The summed E-state index contributed by atoms with van der Waals surface area (Å²) in [5, 5.41) is 5.93. The molecule has 0 bridgehead atoms. The number of rotatable bonds is 6. The Morgan fingerprint density at radius 2 is 1.96 bits per heavy atom. The first kappa shape index (κ1) is 19.6. The summed E-state index contributed by atoms with van der Waals surface area (Å²) in [7, 11) is 1.82. The Hall–Kier alpha value is -3.19. The van der Waals surface area contributed by atoms with Crippen molar-refractivity contribution in [2.24, 2.45) is 7.05 Å². The lowest BCUT2D eigenvalue weighted by molar-refractivity contribution is -0.120. The van der Waals surface area contributed by atoms with Crippen LogP contribution in [0.25, 0.3) is 0 Å². The molecule has 0 aliphatic rings. The van der Waals surface area contributed by atoms with Gasteiger partial charge in [-0.05, 0) is 35.9 Å². The summed E-state index contributed by atoms with van der Waals surface area (Å²) in [5.74, 6) is -0.829. The summed E-state index contributed by atoms with van der Waals surface area (Å²) in [5.41, 5.74) is 0.939. The Labute approximate surface area is 166 Å². The normalized spacial score (nSPS) is 11.7. The third-order valence-electron chi connectivity index (χ3n) is 4.12. The van der Waals surface area contributed by atoms with Crippen molar-refractivity contribution in [1.82, 2.24) is 20.2 Å². The van der Waals surface area contributed by atoms with E-state index in [1.54, 1.807) is 41.2 Å². The summed E-state index contributed by atoms with van der Waals surface area (Å²) in [4.78, 5) is 28.8. The highest BCUT2D eigenvalue weighted by Gasteiger charge is 2.21. The summed E-state index contributed by atoms with van der Waals surface area (Å²) >= 11 is 5.95. The van der Waals surface area contributed by atoms with Crippen LogP contribution in [0.4, 0.5) is 4.39 Å². The second-order valence-electron chi connectivity index (χ2n) is 6.14.